The maximum Gasteiger partial charge on any atom is 0.282 e. The first-order valence-electron chi connectivity index (χ1n) is 6.66. The monoisotopic (exact) mass is 296 g/mol. The minimum absolute atomic E-state index is 0.0726. The third-order valence-electron chi connectivity index (χ3n) is 4.02. The van der Waals surface area contributed by atoms with E-state index in [9.17, 15) is 14.9 Å². The topological polar surface area (TPSA) is 63.5 Å². The molecule has 2 atom stereocenters. The largest absolute Gasteiger partial charge is 0.335 e. The van der Waals surface area contributed by atoms with Gasteiger partial charge in [-0.05, 0) is 37.8 Å². The summed E-state index contributed by atoms with van der Waals surface area (Å²) in [6.07, 6.45) is 1.99. The number of hydrogen-bond acceptors (Lipinski definition) is 3. The van der Waals surface area contributed by atoms with Crippen LogP contribution in [-0.4, -0.2) is 28.3 Å². The van der Waals surface area contributed by atoms with Crippen molar-refractivity contribution in [2.24, 2.45) is 5.92 Å². The Morgan fingerprint density at radius 1 is 1.45 bits per heavy atom. The van der Waals surface area contributed by atoms with Crippen molar-refractivity contribution in [2.75, 3.05) is 6.54 Å². The molecule has 1 aliphatic rings. The molecular formula is C14H17ClN2O3. The van der Waals surface area contributed by atoms with E-state index in [2.05, 4.69) is 6.92 Å². The van der Waals surface area contributed by atoms with Crippen LogP contribution in [-0.2, 0) is 0 Å². The van der Waals surface area contributed by atoms with Crippen LogP contribution in [0.4, 0.5) is 5.69 Å². The number of hydrogen-bond donors (Lipinski definition) is 0. The van der Waals surface area contributed by atoms with E-state index in [0.717, 1.165) is 12.8 Å². The van der Waals surface area contributed by atoms with Gasteiger partial charge in [-0.1, -0.05) is 18.5 Å². The minimum Gasteiger partial charge on any atom is -0.335 e. The molecule has 20 heavy (non-hydrogen) atoms. The zero-order valence-corrected chi connectivity index (χ0v) is 12.3. The van der Waals surface area contributed by atoms with Gasteiger partial charge >= 0.3 is 0 Å². The summed E-state index contributed by atoms with van der Waals surface area (Å²) in [4.78, 5) is 24.8. The van der Waals surface area contributed by atoms with Crippen LogP contribution in [0.25, 0.3) is 0 Å². The second-order valence-corrected chi connectivity index (χ2v) is 5.71. The van der Waals surface area contributed by atoms with Gasteiger partial charge in [0.1, 0.15) is 5.56 Å². The van der Waals surface area contributed by atoms with Crippen LogP contribution in [0, 0.1) is 16.0 Å². The van der Waals surface area contributed by atoms with Crippen LogP contribution in [0.2, 0.25) is 5.02 Å². The zero-order chi connectivity index (χ0) is 14.9. The first-order chi connectivity index (χ1) is 9.41. The van der Waals surface area contributed by atoms with Gasteiger partial charge in [0.05, 0.1) is 4.92 Å². The van der Waals surface area contributed by atoms with Crippen molar-refractivity contribution < 1.29 is 9.72 Å². The average Bonchev–Trinajstić information content (AvgIpc) is 2.40. The van der Waals surface area contributed by atoms with Crippen molar-refractivity contribution in [1.82, 2.24) is 4.90 Å². The third-order valence-corrected chi connectivity index (χ3v) is 4.26. The van der Waals surface area contributed by atoms with Crippen molar-refractivity contribution in [1.29, 1.82) is 0 Å². The quantitative estimate of drug-likeness (QED) is 0.619. The van der Waals surface area contributed by atoms with E-state index in [-0.39, 0.29) is 23.2 Å². The summed E-state index contributed by atoms with van der Waals surface area (Å²) >= 11 is 5.88. The molecule has 1 aromatic carbocycles. The molecule has 2 unspecified atom stereocenters. The Kier molecular flexibility index (Phi) is 4.28. The van der Waals surface area contributed by atoms with Gasteiger partial charge in [0.15, 0.2) is 0 Å². The molecule has 0 spiro atoms. The van der Waals surface area contributed by atoms with E-state index in [1.807, 2.05) is 6.92 Å². The maximum atomic E-state index is 12.6. The molecule has 108 valence electrons. The molecule has 0 radical (unpaired) electrons. The molecule has 2 rings (SSSR count). The minimum atomic E-state index is -0.540. The number of carbonyl (C=O) groups is 1. The number of halogens is 1. The number of piperidine rings is 1. The van der Waals surface area contributed by atoms with Crippen LogP contribution < -0.4 is 0 Å². The van der Waals surface area contributed by atoms with Crippen molar-refractivity contribution in [3.8, 4) is 0 Å². The van der Waals surface area contributed by atoms with Gasteiger partial charge in [0.25, 0.3) is 11.6 Å². The Balaban J connectivity index is 2.37. The zero-order valence-electron chi connectivity index (χ0n) is 11.5. The predicted molar refractivity (Wildman–Crippen MR) is 77.0 cm³/mol. The molecule has 0 aromatic heterocycles. The highest BCUT2D eigenvalue weighted by Crippen LogP contribution is 2.29. The van der Waals surface area contributed by atoms with Crippen LogP contribution >= 0.6 is 11.6 Å². The second-order valence-electron chi connectivity index (χ2n) is 5.28. The summed E-state index contributed by atoms with van der Waals surface area (Å²) in [6.45, 7) is 4.71. The Morgan fingerprint density at radius 2 is 2.15 bits per heavy atom. The Morgan fingerprint density at radius 3 is 2.80 bits per heavy atom. The Bertz CT molecular complexity index is 547. The van der Waals surface area contributed by atoms with Gasteiger partial charge in [0.2, 0.25) is 0 Å². The van der Waals surface area contributed by atoms with Crippen LogP contribution in [0.1, 0.15) is 37.0 Å². The normalized spacial score (nSPS) is 22.6. The summed E-state index contributed by atoms with van der Waals surface area (Å²) in [7, 11) is 0. The summed E-state index contributed by atoms with van der Waals surface area (Å²) in [5.74, 6) is 0.0872. The summed E-state index contributed by atoms with van der Waals surface area (Å²) < 4.78 is 0. The molecule has 0 N–H and O–H groups in total. The van der Waals surface area contributed by atoms with E-state index >= 15 is 0 Å². The van der Waals surface area contributed by atoms with Crippen molar-refractivity contribution in [3.05, 3.63) is 38.9 Å². The first-order valence-corrected chi connectivity index (χ1v) is 7.04. The van der Waals surface area contributed by atoms with Crippen LogP contribution in [0.5, 0.6) is 0 Å². The van der Waals surface area contributed by atoms with Crippen molar-refractivity contribution >= 4 is 23.2 Å². The molecule has 6 heteroatoms. The van der Waals surface area contributed by atoms with E-state index in [0.29, 0.717) is 17.5 Å². The lowest BCUT2D eigenvalue weighted by molar-refractivity contribution is -0.385. The third kappa shape index (κ3) is 2.77. The smallest absolute Gasteiger partial charge is 0.282 e. The fourth-order valence-electron chi connectivity index (χ4n) is 2.62. The Labute approximate surface area is 122 Å². The van der Waals surface area contributed by atoms with Crippen LogP contribution in [0.15, 0.2) is 18.2 Å². The molecule has 1 fully saturated rings. The maximum absolute atomic E-state index is 12.6. The first kappa shape index (κ1) is 14.8. The van der Waals surface area contributed by atoms with Gasteiger partial charge in [-0.15, -0.1) is 0 Å². The fraction of sp³-hybridized carbons (Fsp3) is 0.500. The summed E-state index contributed by atoms with van der Waals surface area (Å²) in [5, 5.41) is 11.4. The number of rotatable bonds is 2. The molecule has 5 nitrogen and oxygen atoms in total. The highest BCUT2D eigenvalue weighted by atomic mass is 35.5. The van der Waals surface area contributed by atoms with Gasteiger partial charge in [0, 0.05) is 23.7 Å². The van der Waals surface area contributed by atoms with E-state index < -0.39 is 4.92 Å². The highest BCUT2D eigenvalue weighted by molar-refractivity contribution is 6.31. The second kappa shape index (κ2) is 5.79. The number of nitro groups is 1. The summed E-state index contributed by atoms with van der Waals surface area (Å²) in [6, 6.07) is 4.18. The van der Waals surface area contributed by atoms with Gasteiger partial charge < -0.3 is 4.90 Å². The average molecular weight is 297 g/mol. The molecule has 1 aromatic rings. The van der Waals surface area contributed by atoms with Crippen molar-refractivity contribution in [3.63, 3.8) is 0 Å². The Hall–Kier alpha value is -1.62. The summed E-state index contributed by atoms with van der Waals surface area (Å²) in [5.41, 5.74) is -0.117. The molecule has 1 heterocycles. The number of amides is 1. The number of nitrogens with zero attached hydrogens (tertiary/aromatic N) is 2. The van der Waals surface area contributed by atoms with Crippen molar-refractivity contribution in [2.45, 2.75) is 32.7 Å². The number of carbonyl (C=O) groups excluding carboxylic acids is 1. The molecular weight excluding hydrogens is 280 g/mol. The molecule has 1 saturated heterocycles. The number of nitro benzene ring substituents is 1. The van der Waals surface area contributed by atoms with Crippen LogP contribution in [0.3, 0.4) is 0 Å². The fourth-order valence-corrected chi connectivity index (χ4v) is 2.79. The lowest BCUT2D eigenvalue weighted by Crippen LogP contribution is -2.46. The molecule has 0 saturated carbocycles. The number of likely N-dealkylation sites (tertiary alicyclic amines) is 1. The van der Waals surface area contributed by atoms with E-state index in [1.54, 1.807) is 4.90 Å². The van der Waals surface area contributed by atoms with E-state index in [4.69, 9.17) is 11.6 Å². The molecule has 1 aliphatic heterocycles. The lowest BCUT2D eigenvalue weighted by Gasteiger charge is -2.37. The van der Waals surface area contributed by atoms with Gasteiger partial charge in [-0.3, -0.25) is 14.9 Å². The standard InChI is InChI=1S/C14H17ClN2O3/c1-9-4-3-7-16(10(9)2)14(18)12-8-11(15)5-6-13(12)17(19)20/h5-6,8-10H,3-4,7H2,1-2H3. The van der Waals surface area contributed by atoms with Gasteiger partial charge in [-0.25, -0.2) is 0 Å². The van der Waals surface area contributed by atoms with Gasteiger partial charge in [-0.2, -0.15) is 0 Å². The molecule has 0 aliphatic carbocycles. The molecule has 1 amide bonds. The highest BCUT2D eigenvalue weighted by Gasteiger charge is 2.32. The SMILES string of the molecule is CC1CCCN(C(=O)c2cc(Cl)ccc2[N+](=O)[O-])C1C. The lowest BCUT2D eigenvalue weighted by atomic mass is 9.91. The van der Waals surface area contributed by atoms with E-state index in [1.165, 1.54) is 18.2 Å². The molecule has 0 bridgehead atoms. The number of benzene rings is 1. The predicted octanol–water partition coefficient (Wildman–Crippen LogP) is 3.51.